The lowest BCUT2D eigenvalue weighted by Crippen LogP contribution is -2.26. The third kappa shape index (κ3) is 3.77. The Labute approximate surface area is 151 Å². The molecule has 0 bridgehead atoms. The summed E-state index contributed by atoms with van der Waals surface area (Å²) in [6.45, 7) is 4.73. The quantitative estimate of drug-likeness (QED) is 0.705. The first-order valence-electron chi connectivity index (χ1n) is 8.55. The molecule has 2 heterocycles. The van der Waals surface area contributed by atoms with Crippen molar-refractivity contribution in [3.63, 3.8) is 0 Å². The normalized spacial score (nSPS) is 10.7. The molecule has 0 aliphatic rings. The molecule has 2 aromatic heterocycles. The molecule has 1 amide bonds. The van der Waals surface area contributed by atoms with Gasteiger partial charge in [-0.3, -0.25) is 9.48 Å². The second-order valence-corrected chi connectivity index (χ2v) is 5.97. The van der Waals surface area contributed by atoms with Gasteiger partial charge in [-0.15, -0.1) is 5.10 Å². The van der Waals surface area contributed by atoms with E-state index in [0.29, 0.717) is 23.9 Å². The predicted molar refractivity (Wildman–Crippen MR) is 96.8 cm³/mol. The SMILES string of the molecule is CCCNC(=O)c1cc(OCc2c(-c3ccccc3)noc2C)nn1C. The minimum Gasteiger partial charge on any atom is -0.471 e. The van der Waals surface area contributed by atoms with Gasteiger partial charge >= 0.3 is 0 Å². The van der Waals surface area contributed by atoms with Crippen molar-refractivity contribution in [1.29, 1.82) is 0 Å². The van der Waals surface area contributed by atoms with Crippen LogP contribution in [0.25, 0.3) is 11.3 Å². The third-order valence-electron chi connectivity index (χ3n) is 4.02. The number of aromatic nitrogens is 3. The molecule has 7 nitrogen and oxygen atoms in total. The number of benzene rings is 1. The van der Waals surface area contributed by atoms with Crippen LogP contribution in [0.15, 0.2) is 40.9 Å². The molecule has 7 heteroatoms. The van der Waals surface area contributed by atoms with E-state index in [-0.39, 0.29) is 12.5 Å². The van der Waals surface area contributed by atoms with Gasteiger partial charge in [0.1, 0.15) is 23.8 Å². The van der Waals surface area contributed by atoms with Crippen molar-refractivity contribution in [3.8, 4) is 17.1 Å². The summed E-state index contributed by atoms with van der Waals surface area (Å²) in [5.74, 6) is 0.914. The van der Waals surface area contributed by atoms with Gasteiger partial charge in [-0.2, -0.15) is 0 Å². The molecule has 0 aliphatic heterocycles. The Bertz CT molecular complexity index is 884. The van der Waals surface area contributed by atoms with E-state index < -0.39 is 0 Å². The number of carbonyl (C=O) groups excluding carboxylic acids is 1. The Hall–Kier alpha value is -3.09. The molecule has 136 valence electrons. The summed E-state index contributed by atoms with van der Waals surface area (Å²) >= 11 is 0. The number of aryl methyl sites for hydroxylation is 2. The number of hydrogen-bond acceptors (Lipinski definition) is 5. The maximum Gasteiger partial charge on any atom is 0.269 e. The monoisotopic (exact) mass is 354 g/mol. The van der Waals surface area contributed by atoms with Gasteiger partial charge in [-0.1, -0.05) is 42.4 Å². The van der Waals surface area contributed by atoms with Crippen LogP contribution in [-0.2, 0) is 13.7 Å². The minimum absolute atomic E-state index is 0.164. The van der Waals surface area contributed by atoms with E-state index in [1.807, 2.05) is 44.2 Å². The lowest BCUT2D eigenvalue weighted by atomic mass is 10.1. The fourth-order valence-corrected chi connectivity index (χ4v) is 2.58. The van der Waals surface area contributed by atoms with Gasteiger partial charge in [0.05, 0.1) is 5.56 Å². The zero-order valence-electron chi connectivity index (χ0n) is 15.2. The van der Waals surface area contributed by atoms with E-state index in [4.69, 9.17) is 9.26 Å². The summed E-state index contributed by atoms with van der Waals surface area (Å²) in [5.41, 5.74) is 3.03. The Morgan fingerprint density at radius 2 is 2.08 bits per heavy atom. The standard InChI is InChI=1S/C19H22N4O3/c1-4-10-20-19(24)16-11-17(21-23(16)3)25-12-15-13(2)26-22-18(15)14-8-6-5-7-9-14/h5-9,11H,4,10,12H2,1-3H3,(H,20,24). The van der Waals surface area contributed by atoms with E-state index in [1.165, 1.54) is 4.68 Å². The van der Waals surface area contributed by atoms with Gasteiger partial charge in [-0.05, 0) is 13.3 Å². The summed E-state index contributed by atoms with van der Waals surface area (Å²) in [6.07, 6.45) is 0.877. The highest BCUT2D eigenvalue weighted by atomic mass is 16.5. The van der Waals surface area contributed by atoms with Crippen LogP contribution in [0.4, 0.5) is 0 Å². The first kappa shape index (κ1) is 17.7. The third-order valence-corrected chi connectivity index (χ3v) is 4.02. The Balaban J connectivity index is 1.74. The van der Waals surface area contributed by atoms with E-state index in [9.17, 15) is 4.79 Å². The molecule has 0 radical (unpaired) electrons. The van der Waals surface area contributed by atoms with Gasteiger partial charge in [-0.25, -0.2) is 0 Å². The second-order valence-electron chi connectivity index (χ2n) is 5.97. The number of ether oxygens (including phenoxy) is 1. The number of nitrogens with zero attached hydrogens (tertiary/aromatic N) is 3. The first-order valence-corrected chi connectivity index (χ1v) is 8.55. The molecule has 1 aromatic carbocycles. The minimum atomic E-state index is -0.164. The smallest absolute Gasteiger partial charge is 0.269 e. The van der Waals surface area contributed by atoms with Crippen molar-refractivity contribution in [3.05, 3.63) is 53.4 Å². The van der Waals surface area contributed by atoms with Crippen molar-refractivity contribution < 1.29 is 14.1 Å². The molecule has 3 rings (SSSR count). The summed E-state index contributed by atoms with van der Waals surface area (Å²) in [5, 5.41) is 11.2. The average molecular weight is 354 g/mol. The molecule has 0 spiro atoms. The van der Waals surface area contributed by atoms with E-state index in [2.05, 4.69) is 15.6 Å². The average Bonchev–Trinajstić information content (AvgIpc) is 3.21. The molecule has 26 heavy (non-hydrogen) atoms. The van der Waals surface area contributed by atoms with Crippen LogP contribution in [0.2, 0.25) is 0 Å². The summed E-state index contributed by atoms with van der Waals surface area (Å²) in [6, 6.07) is 11.4. The number of rotatable bonds is 7. The summed E-state index contributed by atoms with van der Waals surface area (Å²) in [4.78, 5) is 12.1. The van der Waals surface area contributed by atoms with E-state index in [1.54, 1.807) is 13.1 Å². The Kier molecular flexibility index (Phi) is 5.36. The zero-order valence-corrected chi connectivity index (χ0v) is 15.2. The fraction of sp³-hybridized carbons (Fsp3) is 0.316. The molecular formula is C19H22N4O3. The van der Waals surface area contributed by atoms with Crippen LogP contribution in [-0.4, -0.2) is 27.4 Å². The number of amides is 1. The van der Waals surface area contributed by atoms with Crippen LogP contribution >= 0.6 is 0 Å². The summed E-state index contributed by atoms with van der Waals surface area (Å²) in [7, 11) is 1.72. The number of carbonyl (C=O) groups is 1. The molecule has 0 aliphatic carbocycles. The number of hydrogen-bond donors (Lipinski definition) is 1. The predicted octanol–water partition coefficient (Wildman–Crippen LogP) is 3.10. The van der Waals surface area contributed by atoms with E-state index >= 15 is 0 Å². The molecule has 0 unspecified atom stereocenters. The van der Waals surface area contributed by atoms with Gasteiger partial charge in [0.15, 0.2) is 0 Å². The van der Waals surface area contributed by atoms with Crippen LogP contribution in [0.5, 0.6) is 5.88 Å². The zero-order chi connectivity index (χ0) is 18.5. The van der Waals surface area contributed by atoms with Gasteiger partial charge in [0.25, 0.3) is 5.91 Å². The topological polar surface area (TPSA) is 82.2 Å². The van der Waals surface area contributed by atoms with Crippen LogP contribution in [0.1, 0.15) is 35.2 Å². The van der Waals surface area contributed by atoms with Crippen LogP contribution in [0, 0.1) is 6.92 Å². The summed E-state index contributed by atoms with van der Waals surface area (Å²) < 4.78 is 12.6. The van der Waals surface area contributed by atoms with Crippen LogP contribution in [0.3, 0.4) is 0 Å². The van der Waals surface area contributed by atoms with Crippen molar-refractivity contribution in [2.75, 3.05) is 6.54 Å². The highest BCUT2D eigenvalue weighted by molar-refractivity contribution is 5.92. The molecule has 0 saturated heterocycles. The maximum absolute atomic E-state index is 12.1. The van der Waals surface area contributed by atoms with Crippen molar-refractivity contribution >= 4 is 5.91 Å². The van der Waals surface area contributed by atoms with Gasteiger partial charge in [0, 0.05) is 25.2 Å². The van der Waals surface area contributed by atoms with Crippen molar-refractivity contribution in [2.24, 2.45) is 7.05 Å². The first-order chi connectivity index (χ1) is 12.6. The van der Waals surface area contributed by atoms with Crippen LogP contribution < -0.4 is 10.1 Å². The largest absolute Gasteiger partial charge is 0.471 e. The molecule has 0 saturated carbocycles. The molecule has 0 fully saturated rings. The highest BCUT2D eigenvalue weighted by Gasteiger charge is 2.17. The molecule has 3 aromatic rings. The maximum atomic E-state index is 12.1. The van der Waals surface area contributed by atoms with Crippen molar-refractivity contribution in [2.45, 2.75) is 26.9 Å². The Morgan fingerprint density at radius 1 is 1.31 bits per heavy atom. The highest BCUT2D eigenvalue weighted by Crippen LogP contribution is 2.26. The molecular weight excluding hydrogens is 332 g/mol. The molecule has 1 N–H and O–H groups in total. The lowest BCUT2D eigenvalue weighted by molar-refractivity contribution is 0.0944. The fourth-order valence-electron chi connectivity index (χ4n) is 2.58. The lowest BCUT2D eigenvalue weighted by Gasteiger charge is -2.04. The Morgan fingerprint density at radius 3 is 2.81 bits per heavy atom. The van der Waals surface area contributed by atoms with Gasteiger partial charge < -0.3 is 14.6 Å². The second kappa shape index (κ2) is 7.86. The van der Waals surface area contributed by atoms with Gasteiger partial charge in [0.2, 0.25) is 5.88 Å². The van der Waals surface area contributed by atoms with Crippen molar-refractivity contribution in [1.82, 2.24) is 20.3 Å². The van der Waals surface area contributed by atoms with E-state index in [0.717, 1.165) is 23.2 Å². The molecule has 0 atom stereocenters. The number of nitrogens with one attached hydrogen (secondary N) is 1.